The number of aromatic hydroxyl groups is 1. The van der Waals surface area contributed by atoms with E-state index in [0.29, 0.717) is 33.1 Å². The summed E-state index contributed by atoms with van der Waals surface area (Å²) in [5.41, 5.74) is 3.26. The molecule has 0 aliphatic rings. The molecule has 27 heavy (non-hydrogen) atoms. The fourth-order valence-electron chi connectivity index (χ4n) is 2.86. The molecule has 0 unspecified atom stereocenters. The van der Waals surface area contributed by atoms with E-state index in [-0.39, 0.29) is 11.7 Å². The number of carbonyl (C=O) groups excluding carboxylic acids is 1. The number of phenolic OH excluding ortho intramolecular Hbond substituents is 1. The Labute approximate surface area is 162 Å². The number of phenols is 1. The molecule has 1 heterocycles. The minimum atomic E-state index is -0.299. The molecule has 1 aromatic heterocycles. The van der Waals surface area contributed by atoms with E-state index in [2.05, 4.69) is 4.98 Å². The molecule has 134 valence electrons. The summed E-state index contributed by atoms with van der Waals surface area (Å²) in [5, 5.41) is 19.6. The number of benzene rings is 2. The SMILES string of the molecule is Cc1cc(C#N)ncc1-c1cc(Cl)ccc1C(=O)N(C)c1ccccc1O. The molecule has 0 radical (unpaired) electrons. The van der Waals surface area contributed by atoms with Crippen molar-refractivity contribution in [1.82, 2.24) is 4.98 Å². The van der Waals surface area contributed by atoms with E-state index in [1.165, 1.54) is 11.0 Å². The number of hydrogen-bond acceptors (Lipinski definition) is 4. The summed E-state index contributed by atoms with van der Waals surface area (Å²) in [7, 11) is 1.60. The lowest BCUT2D eigenvalue weighted by Gasteiger charge is -2.21. The standard InChI is InChI=1S/C21H16ClN3O2/c1-13-9-15(11-23)24-12-18(13)17-10-14(22)7-8-16(17)21(27)25(2)19-5-3-4-6-20(19)26/h3-10,12,26H,1-2H3. The summed E-state index contributed by atoms with van der Waals surface area (Å²) < 4.78 is 0. The highest BCUT2D eigenvalue weighted by molar-refractivity contribution is 6.31. The fourth-order valence-corrected chi connectivity index (χ4v) is 3.03. The molecule has 0 aliphatic heterocycles. The minimum absolute atomic E-state index is 0.0140. The number of rotatable bonds is 3. The lowest BCUT2D eigenvalue weighted by atomic mass is 9.96. The third kappa shape index (κ3) is 3.62. The van der Waals surface area contributed by atoms with E-state index in [0.717, 1.165) is 5.56 Å². The van der Waals surface area contributed by atoms with Crippen LogP contribution in [0.1, 0.15) is 21.6 Å². The Morgan fingerprint density at radius 2 is 1.93 bits per heavy atom. The van der Waals surface area contributed by atoms with E-state index in [4.69, 9.17) is 16.9 Å². The van der Waals surface area contributed by atoms with Gasteiger partial charge in [0.2, 0.25) is 0 Å². The van der Waals surface area contributed by atoms with Gasteiger partial charge in [-0.1, -0.05) is 23.7 Å². The lowest BCUT2D eigenvalue weighted by Crippen LogP contribution is -2.26. The van der Waals surface area contributed by atoms with Gasteiger partial charge in [-0.05, 0) is 54.4 Å². The second kappa shape index (κ2) is 7.48. The zero-order chi connectivity index (χ0) is 19.6. The normalized spacial score (nSPS) is 10.3. The predicted octanol–water partition coefficient (Wildman–Crippen LogP) is 4.56. The summed E-state index contributed by atoms with van der Waals surface area (Å²) in [6, 6.07) is 15.3. The molecular formula is C21H16ClN3O2. The summed E-state index contributed by atoms with van der Waals surface area (Å²) in [6.45, 7) is 1.85. The average molecular weight is 378 g/mol. The van der Waals surface area contributed by atoms with Crippen LogP contribution in [0.5, 0.6) is 5.75 Å². The molecule has 3 rings (SSSR count). The van der Waals surface area contributed by atoms with Crippen molar-refractivity contribution in [3.63, 3.8) is 0 Å². The number of aromatic nitrogens is 1. The van der Waals surface area contributed by atoms with Gasteiger partial charge >= 0.3 is 0 Å². The van der Waals surface area contributed by atoms with Crippen LogP contribution in [0.3, 0.4) is 0 Å². The van der Waals surface area contributed by atoms with Crippen molar-refractivity contribution in [2.45, 2.75) is 6.92 Å². The molecule has 0 saturated carbocycles. The van der Waals surface area contributed by atoms with Crippen LogP contribution in [0.2, 0.25) is 5.02 Å². The van der Waals surface area contributed by atoms with Crippen LogP contribution < -0.4 is 4.90 Å². The third-order valence-corrected chi connectivity index (χ3v) is 4.51. The first-order valence-electron chi connectivity index (χ1n) is 8.15. The Morgan fingerprint density at radius 3 is 2.59 bits per heavy atom. The Hall–Kier alpha value is -3.36. The van der Waals surface area contributed by atoms with Gasteiger partial charge in [0.15, 0.2) is 0 Å². The van der Waals surface area contributed by atoms with Crippen molar-refractivity contribution in [1.29, 1.82) is 5.26 Å². The van der Waals surface area contributed by atoms with Crippen molar-refractivity contribution >= 4 is 23.2 Å². The van der Waals surface area contributed by atoms with E-state index in [1.807, 2.05) is 13.0 Å². The third-order valence-electron chi connectivity index (χ3n) is 4.28. The van der Waals surface area contributed by atoms with Gasteiger partial charge in [0.05, 0.1) is 5.69 Å². The van der Waals surface area contributed by atoms with Gasteiger partial charge < -0.3 is 10.0 Å². The second-order valence-electron chi connectivity index (χ2n) is 6.04. The van der Waals surface area contributed by atoms with Crippen LogP contribution in [0.25, 0.3) is 11.1 Å². The van der Waals surface area contributed by atoms with Crippen molar-refractivity contribution < 1.29 is 9.90 Å². The van der Waals surface area contributed by atoms with Gasteiger partial charge in [-0.3, -0.25) is 4.79 Å². The van der Waals surface area contributed by atoms with Gasteiger partial charge in [-0.2, -0.15) is 5.26 Å². The molecule has 0 spiro atoms. The molecule has 0 fully saturated rings. The first-order chi connectivity index (χ1) is 12.9. The van der Waals surface area contributed by atoms with Gasteiger partial charge in [0.25, 0.3) is 5.91 Å². The molecule has 0 aliphatic carbocycles. The molecule has 0 saturated heterocycles. The van der Waals surface area contributed by atoms with Crippen LogP contribution in [0, 0.1) is 18.3 Å². The van der Waals surface area contributed by atoms with Crippen molar-refractivity contribution in [2.24, 2.45) is 0 Å². The van der Waals surface area contributed by atoms with E-state index in [9.17, 15) is 9.90 Å². The number of pyridine rings is 1. The largest absolute Gasteiger partial charge is 0.506 e. The van der Waals surface area contributed by atoms with Crippen molar-refractivity contribution in [3.8, 4) is 22.9 Å². The van der Waals surface area contributed by atoms with E-state index < -0.39 is 0 Å². The van der Waals surface area contributed by atoms with Crippen LogP contribution in [0.4, 0.5) is 5.69 Å². The number of nitriles is 1. The van der Waals surface area contributed by atoms with E-state index in [1.54, 1.807) is 55.7 Å². The maximum absolute atomic E-state index is 13.1. The van der Waals surface area contributed by atoms with Crippen LogP contribution >= 0.6 is 11.6 Å². The molecule has 3 aromatic rings. The van der Waals surface area contributed by atoms with Crippen molar-refractivity contribution in [2.75, 3.05) is 11.9 Å². The molecule has 0 bridgehead atoms. The minimum Gasteiger partial charge on any atom is -0.506 e. The average Bonchev–Trinajstić information content (AvgIpc) is 2.67. The molecular weight excluding hydrogens is 362 g/mol. The number of halogens is 1. The van der Waals surface area contributed by atoms with Gasteiger partial charge in [-0.15, -0.1) is 0 Å². The topological polar surface area (TPSA) is 77.2 Å². The highest BCUT2D eigenvalue weighted by Gasteiger charge is 2.21. The number of para-hydroxylation sites is 2. The highest BCUT2D eigenvalue weighted by Crippen LogP contribution is 2.32. The molecule has 2 aromatic carbocycles. The number of carbonyl (C=O) groups is 1. The molecule has 5 nitrogen and oxygen atoms in total. The zero-order valence-corrected chi connectivity index (χ0v) is 15.5. The van der Waals surface area contributed by atoms with Gasteiger partial charge in [-0.25, -0.2) is 4.98 Å². The number of aryl methyl sites for hydroxylation is 1. The summed E-state index contributed by atoms with van der Waals surface area (Å²) in [5.74, 6) is -0.285. The fraction of sp³-hybridized carbons (Fsp3) is 0.0952. The summed E-state index contributed by atoms with van der Waals surface area (Å²) in [4.78, 5) is 18.6. The van der Waals surface area contributed by atoms with Crippen LogP contribution in [0.15, 0.2) is 54.7 Å². The van der Waals surface area contributed by atoms with Gasteiger partial charge in [0, 0.05) is 29.4 Å². The zero-order valence-electron chi connectivity index (χ0n) is 14.8. The van der Waals surface area contributed by atoms with Crippen LogP contribution in [-0.4, -0.2) is 23.0 Å². The maximum atomic E-state index is 13.1. The lowest BCUT2D eigenvalue weighted by molar-refractivity contribution is 0.0993. The van der Waals surface area contributed by atoms with Gasteiger partial charge in [0.1, 0.15) is 17.5 Å². The first-order valence-corrected chi connectivity index (χ1v) is 8.53. The smallest absolute Gasteiger partial charge is 0.258 e. The molecule has 6 heteroatoms. The Morgan fingerprint density at radius 1 is 1.19 bits per heavy atom. The number of anilines is 1. The molecule has 1 amide bonds. The summed E-state index contributed by atoms with van der Waals surface area (Å²) in [6.07, 6.45) is 1.57. The number of amides is 1. The Bertz CT molecular complexity index is 1070. The van der Waals surface area contributed by atoms with E-state index >= 15 is 0 Å². The monoisotopic (exact) mass is 377 g/mol. The summed E-state index contributed by atoms with van der Waals surface area (Å²) >= 11 is 6.17. The maximum Gasteiger partial charge on any atom is 0.258 e. The number of nitrogens with zero attached hydrogens (tertiary/aromatic N) is 3. The quantitative estimate of drug-likeness (QED) is 0.725. The molecule has 1 N–H and O–H groups in total. The second-order valence-corrected chi connectivity index (χ2v) is 6.48. The number of hydrogen-bond donors (Lipinski definition) is 1. The Kier molecular flexibility index (Phi) is 5.11. The molecule has 0 atom stereocenters. The van der Waals surface area contributed by atoms with Crippen molar-refractivity contribution in [3.05, 3.63) is 76.6 Å². The highest BCUT2D eigenvalue weighted by atomic mass is 35.5. The first kappa shape index (κ1) is 18.4. The predicted molar refractivity (Wildman–Crippen MR) is 105 cm³/mol. The van der Waals surface area contributed by atoms with Crippen LogP contribution in [-0.2, 0) is 0 Å². The Balaban J connectivity index is 2.11.